The maximum Gasteiger partial charge on any atom is 0.0604 e. The summed E-state index contributed by atoms with van der Waals surface area (Å²) in [5.41, 5.74) is 3.52. The van der Waals surface area contributed by atoms with Crippen molar-refractivity contribution < 1.29 is 4.74 Å². The number of piperidine rings is 1. The van der Waals surface area contributed by atoms with Crippen LogP contribution in [0.5, 0.6) is 0 Å². The van der Waals surface area contributed by atoms with Gasteiger partial charge >= 0.3 is 0 Å². The van der Waals surface area contributed by atoms with Crippen LogP contribution in [0, 0.1) is 5.92 Å². The molecule has 102 valence electrons. The first kappa shape index (κ1) is 14.9. The number of ether oxygens (including phenoxy) is 1. The summed E-state index contributed by atoms with van der Waals surface area (Å²) in [6.45, 7) is 11.7. The lowest BCUT2D eigenvalue weighted by atomic mass is 10.00. The lowest BCUT2D eigenvalue weighted by molar-refractivity contribution is 0.0299. The average Bonchev–Trinajstić information content (AvgIpc) is 2.26. The Kier molecular flexibility index (Phi) is 7.09. The second-order valence-corrected chi connectivity index (χ2v) is 5.74. The lowest BCUT2D eigenvalue weighted by Gasteiger charge is -2.39. The molecule has 0 bridgehead atoms. The second kappa shape index (κ2) is 8.06. The van der Waals surface area contributed by atoms with Crippen molar-refractivity contribution in [2.24, 2.45) is 5.92 Å². The molecule has 0 aromatic heterocycles. The van der Waals surface area contributed by atoms with Crippen LogP contribution in [-0.4, -0.2) is 36.9 Å². The van der Waals surface area contributed by atoms with E-state index in [0.29, 0.717) is 12.1 Å². The minimum atomic E-state index is 0.661. The van der Waals surface area contributed by atoms with E-state index >= 15 is 0 Å². The Morgan fingerprint density at radius 2 is 1.82 bits per heavy atom. The van der Waals surface area contributed by atoms with E-state index in [0.717, 1.165) is 32.1 Å². The van der Waals surface area contributed by atoms with Gasteiger partial charge in [-0.25, -0.2) is 5.01 Å². The van der Waals surface area contributed by atoms with Crippen LogP contribution >= 0.6 is 0 Å². The number of hydrogen-bond acceptors (Lipinski definition) is 3. The number of rotatable bonds is 7. The van der Waals surface area contributed by atoms with Gasteiger partial charge in [0.2, 0.25) is 0 Å². The summed E-state index contributed by atoms with van der Waals surface area (Å²) in [4.78, 5) is 0. The van der Waals surface area contributed by atoms with E-state index in [1.807, 2.05) is 0 Å². The highest BCUT2D eigenvalue weighted by molar-refractivity contribution is 4.76. The van der Waals surface area contributed by atoms with Gasteiger partial charge in [-0.2, -0.15) is 0 Å². The summed E-state index contributed by atoms with van der Waals surface area (Å²) in [6.07, 6.45) is 5.15. The highest BCUT2D eigenvalue weighted by Gasteiger charge is 2.23. The lowest BCUT2D eigenvalue weighted by Crippen LogP contribution is -2.52. The average molecular weight is 242 g/mol. The largest absolute Gasteiger partial charge is 0.380 e. The SMILES string of the molecule is CC(C)CCOCCNN1C(C)CCCC1C. The fraction of sp³-hybridized carbons (Fsp3) is 1.00. The van der Waals surface area contributed by atoms with E-state index < -0.39 is 0 Å². The quantitative estimate of drug-likeness (QED) is 0.695. The Hall–Kier alpha value is -0.120. The molecule has 0 radical (unpaired) electrons. The molecular formula is C14H30N2O. The summed E-state index contributed by atoms with van der Waals surface area (Å²) in [7, 11) is 0. The normalized spacial score (nSPS) is 26.6. The Morgan fingerprint density at radius 3 is 2.41 bits per heavy atom. The van der Waals surface area contributed by atoms with Crippen molar-refractivity contribution in [3.8, 4) is 0 Å². The van der Waals surface area contributed by atoms with Crippen LogP contribution in [0.1, 0.15) is 53.4 Å². The first-order chi connectivity index (χ1) is 8.11. The molecule has 3 nitrogen and oxygen atoms in total. The van der Waals surface area contributed by atoms with Crippen LogP contribution in [0.25, 0.3) is 0 Å². The van der Waals surface area contributed by atoms with Gasteiger partial charge in [0, 0.05) is 25.2 Å². The number of hydrogen-bond donors (Lipinski definition) is 1. The maximum atomic E-state index is 5.62. The van der Waals surface area contributed by atoms with Gasteiger partial charge in [-0.3, -0.25) is 5.43 Å². The van der Waals surface area contributed by atoms with Crippen LogP contribution in [0.3, 0.4) is 0 Å². The summed E-state index contributed by atoms with van der Waals surface area (Å²) >= 11 is 0. The fourth-order valence-electron chi connectivity index (χ4n) is 2.40. The molecule has 3 heteroatoms. The van der Waals surface area contributed by atoms with Crippen molar-refractivity contribution in [2.45, 2.75) is 65.5 Å². The summed E-state index contributed by atoms with van der Waals surface area (Å²) in [6, 6.07) is 1.32. The van der Waals surface area contributed by atoms with Crippen LogP contribution in [-0.2, 0) is 4.74 Å². The first-order valence-corrected chi connectivity index (χ1v) is 7.21. The molecule has 1 aliphatic rings. The third-order valence-corrected chi connectivity index (χ3v) is 3.57. The zero-order valence-electron chi connectivity index (χ0n) is 12.0. The van der Waals surface area contributed by atoms with Crippen molar-refractivity contribution in [2.75, 3.05) is 19.8 Å². The molecular weight excluding hydrogens is 212 g/mol. The molecule has 0 aromatic rings. The highest BCUT2D eigenvalue weighted by Crippen LogP contribution is 2.19. The predicted molar refractivity (Wildman–Crippen MR) is 72.9 cm³/mol. The first-order valence-electron chi connectivity index (χ1n) is 7.21. The fourth-order valence-corrected chi connectivity index (χ4v) is 2.40. The van der Waals surface area contributed by atoms with Gasteiger partial charge in [0.15, 0.2) is 0 Å². The molecule has 17 heavy (non-hydrogen) atoms. The monoisotopic (exact) mass is 242 g/mol. The molecule has 1 N–H and O–H groups in total. The summed E-state index contributed by atoms with van der Waals surface area (Å²) in [5, 5.41) is 2.41. The van der Waals surface area contributed by atoms with Gasteiger partial charge in [0.25, 0.3) is 0 Å². The molecule has 0 aliphatic carbocycles. The van der Waals surface area contributed by atoms with E-state index in [4.69, 9.17) is 4.74 Å². The number of nitrogens with one attached hydrogen (secondary N) is 1. The van der Waals surface area contributed by atoms with Gasteiger partial charge in [0.1, 0.15) is 0 Å². The van der Waals surface area contributed by atoms with Crippen LogP contribution in [0.15, 0.2) is 0 Å². The molecule has 0 spiro atoms. The highest BCUT2D eigenvalue weighted by atomic mass is 16.5. The van der Waals surface area contributed by atoms with Gasteiger partial charge in [-0.1, -0.05) is 20.3 Å². The van der Waals surface area contributed by atoms with Crippen molar-refractivity contribution >= 4 is 0 Å². The molecule has 1 saturated heterocycles. The van der Waals surface area contributed by atoms with Crippen LogP contribution in [0.4, 0.5) is 0 Å². The third kappa shape index (κ3) is 5.84. The Labute approximate surface area is 107 Å². The smallest absolute Gasteiger partial charge is 0.0604 e. The van der Waals surface area contributed by atoms with Gasteiger partial charge < -0.3 is 4.74 Å². The molecule has 0 amide bonds. The third-order valence-electron chi connectivity index (χ3n) is 3.57. The Balaban J connectivity index is 2.04. The predicted octanol–water partition coefficient (Wildman–Crippen LogP) is 2.82. The zero-order chi connectivity index (χ0) is 12.7. The minimum absolute atomic E-state index is 0.661. The Morgan fingerprint density at radius 1 is 1.18 bits per heavy atom. The molecule has 1 heterocycles. The van der Waals surface area contributed by atoms with Crippen LogP contribution in [0.2, 0.25) is 0 Å². The molecule has 1 rings (SSSR count). The van der Waals surface area contributed by atoms with Gasteiger partial charge in [0.05, 0.1) is 6.61 Å². The van der Waals surface area contributed by atoms with Crippen molar-refractivity contribution in [1.82, 2.24) is 10.4 Å². The van der Waals surface area contributed by atoms with Gasteiger partial charge in [-0.05, 0) is 39.0 Å². The maximum absolute atomic E-state index is 5.62. The second-order valence-electron chi connectivity index (χ2n) is 5.74. The summed E-state index contributed by atoms with van der Waals surface area (Å²) < 4.78 is 5.62. The molecule has 0 saturated carbocycles. The molecule has 2 atom stereocenters. The zero-order valence-corrected chi connectivity index (χ0v) is 12.0. The minimum Gasteiger partial charge on any atom is -0.380 e. The standard InChI is InChI=1S/C14H30N2O/c1-12(2)8-10-17-11-9-15-16-13(3)6-5-7-14(16)4/h12-15H,5-11H2,1-4H3. The van der Waals surface area contributed by atoms with Crippen LogP contribution < -0.4 is 5.43 Å². The molecule has 1 fully saturated rings. The van der Waals surface area contributed by atoms with E-state index in [-0.39, 0.29) is 0 Å². The van der Waals surface area contributed by atoms with Crippen molar-refractivity contribution in [3.05, 3.63) is 0 Å². The van der Waals surface area contributed by atoms with E-state index in [2.05, 4.69) is 38.1 Å². The molecule has 0 aromatic carbocycles. The van der Waals surface area contributed by atoms with E-state index in [1.54, 1.807) is 0 Å². The van der Waals surface area contributed by atoms with E-state index in [9.17, 15) is 0 Å². The number of nitrogens with zero attached hydrogens (tertiary/aromatic N) is 1. The molecule has 1 aliphatic heterocycles. The van der Waals surface area contributed by atoms with Crippen molar-refractivity contribution in [1.29, 1.82) is 0 Å². The molecule has 2 unspecified atom stereocenters. The Bertz CT molecular complexity index is 187. The van der Waals surface area contributed by atoms with Crippen molar-refractivity contribution in [3.63, 3.8) is 0 Å². The van der Waals surface area contributed by atoms with E-state index in [1.165, 1.54) is 19.3 Å². The topological polar surface area (TPSA) is 24.5 Å². The van der Waals surface area contributed by atoms with Gasteiger partial charge in [-0.15, -0.1) is 0 Å². The summed E-state index contributed by atoms with van der Waals surface area (Å²) in [5.74, 6) is 0.741. The number of hydrazine groups is 1.